The summed E-state index contributed by atoms with van der Waals surface area (Å²) in [5, 5.41) is 2.45. The van der Waals surface area contributed by atoms with E-state index in [1.807, 2.05) is 13.8 Å². The van der Waals surface area contributed by atoms with Crippen LogP contribution in [0.4, 0.5) is 4.39 Å². The number of aromatic amines is 1. The number of nitrogens with one attached hydrogen (secondary N) is 2. The number of imidazole rings is 1. The second-order valence-electron chi connectivity index (χ2n) is 5.49. The molecule has 0 aliphatic rings. The van der Waals surface area contributed by atoms with Gasteiger partial charge < -0.3 is 10.3 Å². The topological polar surface area (TPSA) is 91.9 Å². The quantitative estimate of drug-likeness (QED) is 0.840. The zero-order valence-corrected chi connectivity index (χ0v) is 13.6. The van der Waals surface area contributed by atoms with Crippen molar-refractivity contribution >= 4 is 15.7 Å². The van der Waals surface area contributed by atoms with E-state index in [0.717, 1.165) is 0 Å². The molecule has 0 radical (unpaired) electrons. The summed E-state index contributed by atoms with van der Waals surface area (Å²) < 4.78 is 37.1. The lowest BCUT2D eigenvalue weighted by molar-refractivity contribution is -0.119. The number of sulfone groups is 1. The van der Waals surface area contributed by atoms with Crippen LogP contribution in [-0.2, 0) is 14.6 Å². The number of halogens is 1. The van der Waals surface area contributed by atoms with Crippen molar-refractivity contribution in [3.63, 3.8) is 0 Å². The Bertz CT molecular complexity index is 756. The van der Waals surface area contributed by atoms with Crippen LogP contribution in [0.15, 0.2) is 41.8 Å². The summed E-state index contributed by atoms with van der Waals surface area (Å²) in [6.07, 6.45) is 2.68. The maximum Gasteiger partial charge on any atom is 0.236 e. The fraction of sp³-hybridized carbons (Fsp3) is 0.333. The first-order valence-corrected chi connectivity index (χ1v) is 8.72. The van der Waals surface area contributed by atoms with E-state index in [2.05, 4.69) is 15.3 Å². The van der Waals surface area contributed by atoms with Crippen LogP contribution in [0.2, 0.25) is 0 Å². The fourth-order valence-electron chi connectivity index (χ4n) is 2.18. The van der Waals surface area contributed by atoms with Gasteiger partial charge in [-0.2, -0.15) is 0 Å². The molecule has 124 valence electrons. The number of nitrogens with zero attached hydrogens (tertiary/aromatic N) is 1. The molecule has 0 aliphatic heterocycles. The molecule has 0 aliphatic carbocycles. The highest BCUT2D eigenvalue weighted by molar-refractivity contribution is 7.91. The van der Waals surface area contributed by atoms with Gasteiger partial charge in [-0.3, -0.25) is 4.79 Å². The van der Waals surface area contributed by atoms with Gasteiger partial charge in [0, 0.05) is 12.4 Å². The zero-order valence-electron chi connectivity index (χ0n) is 12.8. The minimum atomic E-state index is -3.82. The molecule has 0 unspecified atom stereocenters. The van der Waals surface area contributed by atoms with E-state index >= 15 is 0 Å². The van der Waals surface area contributed by atoms with E-state index in [1.165, 1.54) is 24.5 Å². The standard InChI is InChI=1S/C15H18FN3O3S/c1-10(2)14(11-3-5-12(16)6-4-11)19-13(20)9-23(21,22)15-17-7-8-18-15/h3-8,10,14H,9H2,1-2H3,(H,17,18)(H,19,20)/t14-/m0/s1. The van der Waals surface area contributed by atoms with Gasteiger partial charge in [0.15, 0.2) is 0 Å². The molecule has 6 nitrogen and oxygen atoms in total. The summed E-state index contributed by atoms with van der Waals surface area (Å²) in [6, 6.07) is 5.34. The van der Waals surface area contributed by atoms with Crippen molar-refractivity contribution in [2.75, 3.05) is 5.75 Å². The van der Waals surface area contributed by atoms with Gasteiger partial charge in [0.1, 0.15) is 11.6 Å². The summed E-state index contributed by atoms with van der Waals surface area (Å²) in [6.45, 7) is 3.77. The van der Waals surface area contributed by atoms with Crippen molar-refractivity contribution < 1.29 is 17.6 Å². The summed E-state index contributed by atoms with van der Waals surface area (Å²) >= 11 is 0. The average Bonchev–Trinajstić information content (AvgIpc) is 3.00. The van der Waals surface area contributed by atoms with Gasteiger partial charge in [0.05, 0.1) is 6.04 Å². The third kappa shape index (κ3) is 4.38. The molecule has 2 rings (SSSR count). The van der Waals surface area contributed by atoms with Gasteiger partial charge >= 0.3 is 0 Å². The lowest BCUT2D eigenvalue weighted by Gasteiger charge is -2.22. The van der Waals surface area contributed by atoms with Crippen molar-refractivity contribution in [2.24, 2.45) is 5.92 Å². The molecule has 0 fully saturated rings. The van der Waals surface area contributed by atoms with Gasteiger partial charge in [0.2, 0.25) is 20.9 Å². The van der Waals surface area contributed by atoms with E-state index < -0.39 is 27.5 Å². The monoisotopic (exact) mass is 339 g/mol. The van der Waals surface area contributed by atoms with Crippen molar-refractivity contribution in [1.29, 1.82) is 0 Å². The molecule has 23 heavy (non-hydrogen) atoms. The Balaban J connectivity index is 2.11. The number of hydrogen-bond donors (Lipinski definition) is 2. The van der Waals surface area contributed by atoms with Crippen molar-refractivity contribution in [1.82, 2.24) is 15.3 Å². The molecule has 0 saturated carbocycles. The van der Waals surface area contributed by atoms with Gasteiger partial charge in [-0.05, 0) is 23.6 Å². The maximum absolute atomic E-state index is 13.0. The molecule has 8 heteroatoms. The van der Waals surface area contributed by atoms with E-state index in [-0.39, 0.29) is 16.9 Å². The predicted octanol–water partition coefficient (Wildman–Crippen LogP) is 1.84. The molecule has 0 spiro atoms. The van der Waals surface area contributed by atoms with Crippen LogP contribution in [0.3, 0.4) is 0 Å². The Kier molecular flexibility index (Phi) is 5.15. The Labute approximate surface area is 134 Å². The minimum Gasteiger partial charge on any atom is -0.348 e. The zero-order chi connectivity index (χ0) is 17.0. The van der Waals surface area contributed by atoms with E-state index in [1.54, 1.807) is 12.1 Å². The first-order chi connectivity index (χ1) is 10.8. The first kappa shape index (κ1) is 17.1. The summed E-state index contributed by atoms with van der Waals surface area (Å²) in [5.74, 6) is -1.70. The smallest absolute Gasteiger partial charge is 0.236 e. The van der Waals surface area contributed by atoms with Crippen molar-refractivity contribution in [3.05, 3.63) is 48.0 Å². The molecule has 1 heterocycles. The number of H-pyrrole nitrogens is 1. The van der Waals surface area contributed by atoms with Crippen molar-refractivity contribution in [3.8, 4) is 0 Å². The number of rotatable bonds is 6. The number of carbonyl (C=O) groups excluding carboxylic acids is 1. The molecular formula is C15H18FN3O3S. The van der Waals surface area contributed by atoms with Gasteiger partial charge in [0.25, 0.3) is 0 Å². The number of hydrogen-bond acceptors (Lipinski definition) is 4. The van der Waals surface area contributed by atoms with Crippen LogP contribution < -0.4 is 5.32 Å². The molecule has 1 aromatic carbocycles. The average molecular weight is 339 g/mol. The van der Waals surface area contributed by atoms with Crippen LogP contribution in [-0.4, -0.2) is 30.0 Å². The molecule has 2 aromatic rings. The highest BCUT2D eigenvalue weighted by Gasteiger charge is 2.25. The lowest BCUT2D eigenvalue weighted by Crippen LogP contribution is -2.36. The highest BCUT2D eigenvalue weighted by atomic mass is 32.2. The largest absolute Gasteiger partial charge is 0.348 e. The normalized spacial score (nSPS) is 13.0. The molecule has 0 bridgehead atoms. The third-order valence-corrected chi connectivity index (χ3v) is 4.76. The van der Waals surface area contributed by atoms with Crippen molar-refractivity contribution in [2.45, 2.75) is 25.0 Å². The number of aromatic nitrogens is 2. The number of benzene rings is 1. The van der Waals surface area contributed by atoms with Crippen LogP contribution in [0.25, 0.3) is 0 Å². The Morgan fingerprint density at radius 1 is 1.30 bits per heavy atom. The Morgan fingerprint density at radius 2 is 1.96 bits per heavy atom. The first-order valence-electron chi connectivity index (χ1n) is 7.06. The molecule has 1 atom stereocenters. The maximum atomic E-state index is 13.0. The summed E-state index contributed by atoms with van der Waals surface area (Å²) in [7, 11) is -3.82. The molecular weight excluding hydrogens is 321 g/mol. The minimum absolute atomic E-state index is 0.00993. The molecule has 1 amide bonds. The van der Waals surface area contributed by atoms with Crippen LogP contribution in [0.1, 0.15) is 25.5 Å². The number of carbonyl (C=O) groups is 1. The second-order valence-corrected chi connectivity index (χ2v) is 7.40. The number of amides is 1. The summed E-state index contributed by atoms with van der Waals surface area (Å²) in [5.41, 5.74) is 0.713. The highest BCUT2D eigenvalue weighted by Crippen LogP contribution is 2.22. The van der Waals surface area contributed by atoms with E-state index in [9.17, 15) is 17.6 Å². The Morgan fingerprint density at radius 3 is 2.48 bits per heavy atom. The molecule has 2 N–H and O–H groups in total. The summed E-state index contributed by atoms with van der Waals surface area (Å²) in [4.78, 5) is 18.2. The lowest BCUT2D eigenvalue weighted by atomic mass is 9.96. The Hall–Kier alpha value is -2.22. The predicted molar refractivity (Wildman–Crippen MR) is 82.8 cm³/mol. The molecule has 1 aromatic heterocycles. The van der Waals surface area contributed by atoms with Crippen LogP contribution in [0.5, 0.6) is 0 Å². The van der Waals surface area contributed by atoms with E-state index in [4.69, 9.17) is 0 Å². The molecule has 0 saturated heterocycles. The fourth-order valence-corrected chi connectivity index (χ4v) is 3.22. The SMILES string of the molecule is CC(C)[C@H](NC(=O)CS(=O)(=O)c1ncc[nH]1)c1ccc(F)cc1. The van der Waals surface area contributed by atoms with E-state index in [0.29, 0.717) is 5.56 Å². The van der Waals surface area contributed by atoms with Gasteiger partial charge in [-0.15, -0.1) is 0 Å². The van der Waals surface area contributed by atoms with Gasteiger partial charge in [-0.1, -0.05) is 26.0 Å². The van der Waals surface area contributed by atoms with Crippen LogP contribution in [0, 0.1) is 11.7 Å². The van der Waals surface area contributed by atoms with Gasteiger partial charge in [-0.25, -0.2) is 17.8 Å². The van der Waals surface area contributed by atoms with Crippen LogP contribution >= 0.6 is 0 Å². The second kappa shape index (κ2) is 6.91. The third-order valence-electron chi connectivity index (χ3n) is 3.30.